The van der Waals surface area contributed by atoms with Gasteiger partial charge in [-0.25, -0.2) is 0 Å². The molecule has 0 amide bonds. The third-order valence-electron chi connectivity index (χ3n) is 1.64. The molecule has 0 aliphatic carbocycles. The van der Waals surface area contributed by atoms with Crippen molar-refractivity contribution in [3.05, 3.63) is 0 Å². The number of hydrogen-bond donors (Lipinski definition) is 1. The monoisotopic (exact) mass is 161 g/mol. The van der Waals surface area contributed by atoms with Crippen molar-refractivity contribution in [2.45, 2.75) is 18.9 Å². The van der Waals surface area contributed by atoms with Crippen LogP contribution in [0.4, 0.5) is 0 Å². The van der Waals surface area contributed by atoms with Crippen LogP contribution in [0.15, 0.2) is 0 Å². The number of hydrogen-bond acceptors (Lipinski definition) is 3. The molecule has 1 saturated heterocycles. The van der Waals surface area contributed by atoms with Crippen LogP contribution in [0.5, 0.6) is 0 Å². The largest absolute Gasteiger partial charge is 0.377 e. The maximum absolute atomic E-state index is 5.49. The van der Waals surface area contributed by atoms with E-state index in [1.165, 1.54) is 24.3 Å². The molecule has 1 aliphatic heterocycles. The molecule has 0 bridgehead atoms. The zero-order valence-corrected chi connectivity index (χ0v) is 7.03. The van der Waals surface area contributed by atoms with Crippen LogP contribution in [0.25, 0.3) is 0 Å². The first-order valence-electron chi connectivity index (χ1n) is 3.83. The van der Waals surface area contributed by atoms with Gasteiger partial charge in [0, 0.05) is 6.54 Å². The second kappa shape index (κ2) is 4.99. The molecular formula is C7H15NOS. The fourth-order valence-electron chi connectivity index (χ4n) is 1.08. The molecular weight excluding hydrogens is 146 g/mol. The second-order valence-corrected chi connectivity index (χ2v) is 3.70. The van der Waals surface area contributed by atoms with Crippen molar-refractivity contribution in [3.8, 4) is 0 Å². The minimum Gasteiger partial charge on any atom is -0.377 e. The summed E-state index contributed by atoms with van der Waals surface area (Å²) in [6.45, 7) is 1.39. The lowest BCUT2D eigenvalue weighted by Gasteiger charge is -2.21. The van der Waals surface area contributed by atoms with Gasteiger partial charge in [0.25, 0.3) is 0 Å². The van der Waals surface area contributed by atoms with Crippen molar-refractivity contribution in [1.29, 1.82) is 0 Å². The maximum Gasteiger partial charge on any atom is 0.0592 e. The van der Waals surface area contributed by atoms with E-state index in [2.05, 4.69) is 0 Å². The molecule has 0 aromatic carbocycles. The van der Waals surface area contributed by atoms with Gasteiger partial charge in [-0.3, -0.25) is 0 Å². The zero-order chi connectivity index (χ0) is 7.23. The molecule has 10 heavy (non-hydrogen) atoms. The Hall–Kier alpha value is 0.270. The first kappa shape index (κ1) is 8.37. The number of thioether (sulfide) groups is 1. The van der Waals surface area contributed by atoms with Crippen molar-refractivity contribution in [1.82, 2.24) is 0 Å². The third kappa shape index (κ3) is 2.90. The van der Waals surface area contributed by atoms with Gasteiger partial charge in [0.15, 0.2) is 0 Å². The van der Waals surface area contributed by atoms with Crippen LogP contribution >= 0.6 is 11.8 Å². The number of nitrogens with two attached hydrogens (primary N) is 1. The summed E-state index contributed by atoms with van der Waals surface area (Å²) < 4.78 is 5.49. The molecule has 1 rings (SSSR count). The molecule has 0 saturated carbocycles. The van der Waals surface area contributed by atoms with E-state index in [-0.39, 0.29) is 0 Å². The molecule has 1 heterocycles. The Labute approximate surface area is 66.5 Å². The average Bonchev–Trinajstić information content (AvgIpc) is 2.03. The molecule has 60 valence electrons. The van der Waals surface area contributed by atoms with E-state index < -0.39 is 0 Å². The van der Waals surface area contributed by atoms with Gasteiger partial charge in [-0.2, -0.15) is 11.8 Å². The van der Waals surface area contributed by atoms with E-state index in [0.29, 0.717) is 12.6 Å². The van der Waals surface area contributed by atoms with E-state index >= 15 is 0 Å². The summed E-state index contributed by atoms with van der Waals surface area (Å²) in [5.41, 5.74) is 5.32. The lowest BCUT2D eigenvalue weighted by molar-refractivity contribution is 0.0535. The van der Waals surface area contributed by atoms with Gasteiger partial charge in [0.2, 0.25) is 0 Å². The molecule has 0 atom stereocenters. The summed E-state index contributed by atoms with van der Waals surface area (Å²) in [7, 11) is 0. The highest BCUT2D eigenvalue weighted by Crippen LogP contribution is 2.18. The van der Waals surface area contributed by atoms with Crippen LogP contribution in [-0.2, 0) is 4.74 Å². The molecule has 0 unspecified atom stereocenters. The Balaban J connectivity index is 2.02. The summed E-state index contributed by atoms with van der Waals surface area (Å²) in [6, 6.07) is 0. The molecule has 0 radical (unpaired) electrons. The molecule has 2 nitrogen and oxygen atoms in total. The quantitative estimate of drug-likeness (QED) is 0.666. The summed E-state index contributed by atoms with van der Waals surface area (Å²) >= 11 is 2.02. The van der Waals surface area contributed by atoms with E-state index in [4.69, 9.17) is 10.5 Å². The van der Waals surface area contributed by atoms with Crippen LogP contribution in [0.2, 0.25) is 0 Å². The van der Waals surface area contributed by atoms with Gasteiger partial charge in [0.05, 0.1) is 12.7 Å². The lowest BCUT2D eigenvalue weighted by atomic mass is 10.2. The summed E-state index contributed by atoms with van der Waals surface area (Å²) in [6.07, 6.45) is 2.93. The Morgan fingerprint density at radius 2 is 2.10 bits per heavy atom. The van der Waals surface area contributed by atoms with E-state index in [1.54, 1.807) is 0 Å². The molecule has 0 aromatic heterocycles. The molecule has 1 aliphatic rings. The number of ether oxygens (including phenoxy) is 1. The van der Waals surface area contributed by atoms with Crippen molar-refractivity contribution in [2.24, 2.45) is 5.73 Å². The van der Waals surface area contributed by atoms with Gasteiger partial charge in [0.1, 0.15) is 0 Å². The predicted octanol–water partition coefficient (Wildman–Crippen LogP) is 0.857. The molecule has 0 aromatic rings. The molecule has 3 heteroatoms. The van der Waals surface area contributed by atoms with Crippen LogP contribution in [-0.4, -0.2) is 30.8 Å². The van der Waals surface area contributed by atoms with Crippen LogP contribution < -0.4 is 5.73 Å². The topological polar surface area (TPSA) is 35.2 Å². The first-order valence-corrected chi connectivity index (χ1v) is 4.98. The van der Waals surface area contributed by atoms with Gasteiger partial charge < -0.3 is 10.5 Å². The highest BCUT2D eigenvalue weighted by molar-refractivity contribution is 7.99. The zero-order valence-electron chi connectivity index (χ0n) is 6.21. The first-order chi connectivity index (χ1) is 4.93. The summed E-state index contributed by atoms with van der Waals surface area (Å²) in [5.74, 6) is 2.52. The average molecular weight is 161 g/mol. The number of rotatable bonds is 3. The van der Waals surface area contributed by atoms with Crippen molar-refractivity contribution in [2.75, 3.05) is 24.7 Å². The third-order valence-corrected chi connectivity index (χ3v) is 2.69. The minimum atomic E-state index is 0.504. The van der Waals surface area contributed by atoms with Crippen LogP contribution in [0, 0.1) is 0 Å². The fourth-order valence-corrected chi connectivity index (χ4v) is 2.14. The Bertz CT molecular complexity index is 83.7. The van der Waals surface area contributed by atoms with Crippen molar-refractivity contribution < 1.29 is 4.74 Å². The Morgan fingerprint density at radius 1 is 1.40 bits per heavy atom. The second-order valence-electron chi connectivity index (χ2n) is 2.47. The van der Waals surface area contributed by atoms with E-state index in [9.17, 15) is 0 Å². The van der Waals surface area contributed by atoms with E-state index in [0.717, 1.165) is 6.61 Å². The normalized spacial score (nSPS) is 21.3. The van der Waals surface area contributed by atoms with Crippen molar-refractivity contribution >= 4 is 11.8 Å². The Kier molecular flexibility index (Phi) is 4.18. The molecule has 2 N–H and O–H groups in total. The van der Waals surface area contributed by atoms with Gasteiger partial charge >= 0.3 is 0 Å². The van der Waals surface area contributed by atoms with Crippen molar-refractivity contribution in [3.63, 3.8) is 0 Å². The smallest absolute Gasteiger partial charge is 0.0592 e. The Morgan fingerprint density at radius 3 is 2.70 bits per heavy atom. The highest BCUT2D eigenvalue weighted by Gasteiger charge is 2.12. The fraction of sp³-hybridized carbons (Fsp3) is 1.00. The minimum absolute atomic E-state index is 0.504. The molecule has 0 spiro atoms. The van der Waals surface area contributed by atoms with Gasteiger partial charge in [-0.05, 0) is 24.3 Å². The lowest BCUT2D eigenvalue weighted by Crippen LogP contribution is -2.22. The standard InChI is InChI=1S/C7H15NOS/c8-3-4-9-7-1-5-10-6-2-7/h7H,1-6,8H2. The van der Waals surface area contributed by atoms with Crippen LogP contribution in [0.3, 0.4) is 0 Å². The van der Waals surface area contributed by atoms with E-state index in [1.807, 2.05) is 11.8 Å². The van der Waals surface area contributed by atoms with Gasteiger partial charge in [-0.15, -0.1) is 0 Å². The highest BCUT2D eigenvalue weighted by atomic mass is 32.2. The van der Waals surface area contributed by atoms with Crippen LogP contribution in [0.1, 0.15) is 12.8 Å². The predicted molar refractivity (Wildman–Crippen MR) is 45.4 cm³/mol. The summed E-state index contributed by atoms with van der Waals surface area (Å²) in [5, 5.41) is 0. The maximum atomic E-state index is 5.49. The summed E-state index contributed by atoms with van der Waals surface area (Å²) in [4.78, 5) is 0. The molecule has 1 fully saturated rings. The van der Waals surface area contributed by atoms with Gasteiger partial charge in [-0.1, -0.05) is 0 Å². The SMILES string of the molecule is NCCOC1CCSCC1.